The number of amides is 1. The lowest BCUT2D eigenvalue weighted by molar-refractivity contribution is -0.132. The van der Waals surface area contributed by atoms with Crippen molar-refractivity contribution in [3.8, 4) is 5.75 Å². The molecule has 0 heterocycles. The number of hydrogen-bond acceptors (Lipinski definition) is 4. The van der Waals surface area contributed by atoms with E-state index in [2.05, 4.69) is 43.3 Å². The maximum absolute atomic E-state index is 12.3. The molecule has 5 heteroatoms. The lowest BCUT2D eigenvalue weighted by atomic mass is 10.0. The van der Waals surface area contributed by atoms with E-state index in [-0.39, 0.29) is 12.5 Å². The second-order valence-corrected chi connectivity index (χ2v) is 7.09. The molecule has 2 aromatic rings. The molecule has 1 atom stereocenters. The summed E-state index contributed by atoms with van der Waals surface area (Å²) in [5.74, 6) is 0.760. The van der Waals surface area contributed by atoms with E-state index < -0.39 is 6.04 Å². The van der Waals surface area contributed by atoms with Crippen molar-refractivity contribution >= 4 is 5.91 Å². The third-order valence-electron chi connectivity index (χ3n) is 4.48. The van der Waals surface area contributed by atoms with E-state index >= 15 is 0 Å². The lowest BCUT2D eigenvalue weighted by Gasteiger charge is -2.22. The zero-order valence-electron chi connectivity index (χ0n) is 16.9. The first-order chi connectivity index (χ1) is 12.8. The minimum atomic E-state index is -0.640. The Morgan fingerprint density at radius 3 is 2.22 bits per heavy atom. The number of carbonyl (C=O) groups excluding carboxylic acids is 1. The van der Waals surface area contributed by atoms with Crippen molar-refractivity contribution in [2.45, 2.75) is 40.0 Å². The smallest absolute Gasteiger partial charge is 0.241 e. The van der Waals surface area contributed by atoms with E-state index in [9.17, 15) is 4.79 Å². The average Bonchev–Trinajstić information content (AvgIpc) is 2.62. The fraction of sp³-hybridized carbons (Fsp3) is 0.409. The maximum Gasteiger partial charge on any atom is 0.241 e. The molecule has 5 nitrogen and oxygen atoms in total. The van der Waals surface area contributed by atoms with Crippen LogP contribution in [0, 0.1) is 20.8 Å². The van der Waals surface area contributed by atoms with Gasteiger partial charge >= 0.3 is 0 Å². The largest absolute Gasteiger partial charge is 0.488 e. The van der Waals surface area contributed by atoms with E-state index in [1.54, 1.807) is 11.9 Å². The van der Waals surface area contributed by atoms with Gasteiger partial charge in [0.1, 0.15) is 18.4 Å². The second kappa shape index (κ2) is 9.53. The van der Waals surface area contributed by atoms with Crippen LogP contribution in [0.1, 0.15) is 27.8 Å². The Morgan fingerprint density at radius 1 is 1.07 bits per heavy atom. The minimum absolute atomic E-state index is 0.133. The molecule has 0 aliphatic heterocycles. The summed E-state index contributed by atoms with van der Waals surface area (Å²) in [7, 11) is 3.29. The normalized spacial score (nSPS) is 11.9. The van der Waals surface area contributed by atoms with Crippen molar-refractivity contribution in [3.63, 3.8) is 0 Å². The van der Waals surface area contributed by atoms with Gasteiger partial charge in [0.2, 0.25) is 5.91 Å². The van der Waals surface area contributed by atoms with Crippen LogP contribution in [0.4, 0.5) is 0 Å². The number of ether oxygens (including phenoxy) is 2. The van der Waals surface area contributed by atoms with Crippen LogP contribution in [-0.2, 0) is 22.7 Å². The molecule has 0 saturated carbocycles. The first kappa shape index (κ1) is 20.9. The van der Waals surface area contributed by atoms with Crippen LogP contribution in [0.5, 0.6) is 5.75 Å². The van der Waals surface area contributed by atoms with Crippen molar-refractivity contribution in [1.29, 1.82) is 0 Å². The SMILES string of the molecule is COCC(N)C(=O)N(C)Cc1cc(C)c(OCc2ccc(C)cc2)c(C)c1. The van der Waals surface area contributed by atoms with E-state index in [4.69, 9.17) is 15.2 Å². The summed E-state index contributed by atoms with van der Waals surface area (Å²) >= 11 is 0. The molecule has 27 heavy (non-hydrogen) atoms. The molecule has 1 amide bonds. The lowest BCUT2D eigenvalue weighted by Crippen LogP contribution is -2.44. The third kappa shape index (κ3) is 5.81. The summed E-state index contributed by atoms with van der Waals surface area (Å²) in [5, 5.41) is 0. The number of nitrogens with zero attached hydrogens (tertiary/aromatic N) is 1. The number of nitrogens with two attached hydrogens (primary N) is 1. The molecule has 0 bridgehead atoms. The molecule has 0 spiro atoms. The molecule has 0 radical (unpaired) electrons. The molecule has 2 rings (SSSR count). The van der Waals surface area contributed by atoms with E-state index in [0.717, 1.165) is 28.0 Å². The molecule has 1 unspecified atom stereocenters. The molecule has 2 N–H and O–H groups in total. The minimum Gasteiger partial charge on any atom is -0.488 e. The van der Waals surface area contributed by atoms with Crippen molar-refractivity contribution in [2.24, 2.45) is 5.73 Å². The summed E-state index contributed by atoms with van der Waals surface area (Å²) in [6, 6.07) is 11.8. The summed E-state index contributed by atoms with van der Waals surface area (Å²) in [5.41, 5.74) is 11.4. The zero-order valence-corrected chi connectivity index (χ0v) is 16.9. The number of rotatable bonds is 8. The molecule has 0 fully saturated rings. The number of benzene rings is 2. The van der Waals surface area contributed by atoms with Gasteiger partial charge in [-0.1, -0.05) is 42.0 Å². The van der Waals surface area contributed by atoms with Gasteiger partial charge in [0, 0.05) is 20.7 Å². The van der Waals surface area contributed by atoms with Gasteiger partial charge in [-0.15, -0.1) is 0 Å². The fourth-order valence-electron chi connectivity index (χ4n) is 3.08. The molecule has 2 aromatic carbocycles. The highest BCUT2D eigenvalue weighted by atomic mass is 16.5. The first-order valence-corrected chi connectivity index (χ1v) is 9.09. The molecule has 0 aliphatic carbocycles. The van der Waals surface area contributed by atoms with Gasteiger partial charge in [-0.3, -0.25) is 4.79 Å². The predicted molar refractivity (Wildman–Crippen MR) is 108 cm³/mol. The number of methoxy groups -OCH3 is 1. The van der Waals surface area contributed by atoms with Gasteiger partial charge in [-0.05, 0) is 43.0 Å². The highest BCUT2D eigenvalue weighted by Gasteiger charge is 2.18. The number of likely N-dealkylation sites (N-methyl/N-ethyl adjacent to an activating group) is 1. The fourth-order valence-corrected chi connectivity index (χ4v) is 3.08. The summed E-state index contributed by atoms with van der Waals surface area (Å²) in [6.45, 7) is 7.37. The van der Waals surface area contributed by atoms with Crippen LogP contribution in [0.25, 0.3) is 0 Å². The highest BCUT2D eigenvalue weighted by molar-refractivity contribution is 5.81. The van der Waals surface area contributed by atoms with Gasteiger partial charge in [-0.25, -0.2) is 0 Å². The van der Waals surface area contributed by atoms with Gasteiger partial charge in [0.05, 0.1) is 6.61 Å². The molecule has 146 valence electrons. The quantitative estimate of drug-likeness (QED) is 0.775. The Kier molecular flexibility index (Phi) is 7.39. The van der Waals surface area contributed by atoms with E-state index in [1.165, 1.54) is 12.7 Å². The molecule has 0 aliphatic rings. The Bertz CT molecular complexity index is 749. The summed E-state index contributed by atoms with van der Waals surface area (Å²) in [4.78, 5) is 13.9. The van der Waals surface area contributed by atoms with Crippen molar-refractivity contribution in [1.82, 2.24) is 4.90 Å². The summed E-state index contributed by atoms with van der Waals surface area (Å²) < 4.78 is 11.0. The Labute approximate surface area is 162 Å². The van der Waals surface area contributed by atoms with Crippen LogP contribution in [-0.4, -0.2) is 37.6 Å². The van der Waals surface area contributed by atoms with Crippen LogP contribution in [0.2, 0.25) is 0 Å². The zero-order chi connectivity index (χ0) is 20.0. The van der Waals surface area contributed by atoms with Gasteiger partial charge in [-0.2, -0.15) is 0 Å². The van der Waals surface area contributed by atoms with Gasteiger partial charge < -0.3 is 20.1 Å². The standard InChI is InChI=1S/C22H30N2O3/c1-15-6-8-18(9-7-15)13-27-21-16(2)10-19(11-17(21)3)12-24(4)22(25)20(23)14-26-5/h6-11,20H,12-14,23H2,1-5H3. The van der Waals surface area contributed by atoms with Crippen molar-refractivity contribution in [3.05, 3.63) is 64.2 Å². The first-order valence-electron chi connectivity index (χ1n) is 9.09. The van der Waals surface area contributed by atoms with Gasteiger partial charge in [0.15, 0.2) is 0 Å². The Hall–Kier alpha value is -2.37. The van der Waals surface area contributed by atoms with Crippen LogP contribution < -0.4 is 10.5 Å². The molecule has 0 aromatic heterocycles. The van der Waals surface area contributed by atoms with Crippen molar-refractivity contribution in [2.75, 3.05) is 20.8 Å². The van der Waals surface area contributed by atoms with Crippen LogP contribution >= 0.6 is 0 Å². The van der Waals surface area contributed by atoms with Crippen molar-refractivity contribution < 1.29 is 14.3 Å². The van der Waals surface area contributed by atoms with Gasteiger partial charge in [0.25, 0.3) is 0 Å². The predicted octanol–water partition coefficient (Wildman–Crippen LogP) is 3.12. The molecular weight excluding hydrogens is 340 g/mol. The third-order valence-corrected chi connectivity index (χ3v) is 4.48. The maximum atomic E-state index is 12.3. The topological polar surface area (TPSA) is 64.8 Å². The van der Waals surface area contributed by atoms with E-state index in [1.807, 2.05) is 13.8 Å². The highest BCUT2D eigenvalue weighted by Crippen LogP contribution is 2.26. The van der Waals surface area contributed by atoms with Crippen LogP contribution in [0.3, 0.4) is 0 Å². The van der Waals surface area contributed by atoms with Crippen LogP contribution in [0.15, 0.2) is 36.4 Å². The Morgan fingerprint density at radius 2 is 1.67 bits per heavy atom. The summed E-state index contributed by atoms with van der Waals surface area (Å²) in [6.07, 6.45) is 0. The molecular formula is C22H30N2O3. The Balaban J connectivity index is 2.05. The average molecular weight is 370 g/mol. The number of carbonyl (C=O) groups is 1. The number of hydrogen-bond donors (Lipinski definition) is 1. The monoisotopic (exact) mass is 370 g/mol. The second-order valence-electron chi connectivity index (χ2n) is 7.09. The van der Waals surface area contributed by atoms with E-state index in [0.29, 0.717) is 13.2 Å². The molecule has 0 saturated heterocycles. The number of aryl methyl sites for hydroxylation is 3.